The van der Waals surface area contributed by atoms with Gasteiger partial charge >= 0.3 is 5.97 Å². The molecule has 0 bridgehead atoms. The van der Waals surface area contributed by atoms with Gasteiger partial charge in [0.05, 0.1) is 16.2 Å². The van der Waals surface area contributed by atoms with Gasteiger partial charge in [0.2, 0.25) is 0 Å². The second-order valence-corrected chi connectivity index (χ2v) is 12.3. The fraction of sp³-hybridized carbons (Fsp3) is 0.519. The van der Waals surface area contributed by atoms with Gasteiger partial charge in [-0.3, -0.25) is 4.79 Å². The number of aromatic nitrogens is 1. The zero-order chi connectivity index (χ0) is 26.9. The lowest BCUT2D eigenvalue weighted by Gasteiger charge is -2.68. The average molecular weight is 548 g/mol. The van der Waals surface area contributed by atoms with Crippen LogP contribution in [0.4, 0.5) is 5.82 Å². The molecule has 3 N–H and O–H groups in total. The number of piperidine rings is 1. The highest BCUT2D eigenvalue weighted by Gasteiger charge is 2.69. The summed E-state index contributed by atoms with van der Waals surface area (Å²) in [4.78, 5) is 31.2. The van der Waals surface area contributed by atoms with Gasteiger partial charge in [0.1, 0.15) is 11.6 Å². The first-order chi connectivity index (χ1) is 17.2. The Morgan fingerprint density at radius 2 is 1.89 bits per heavy atom. The fourth-order valence-electron chi connectivity index (χ4n) is 6.25. The first-order valence-corrected chi connectivity index (χ1v) is 13.2. The van der Waals surface area contributed by atoms with Crippen LogP contribution in [0.1, 0.15) is 69.3 Å². The topological polar surface area (TPSA) is 112 Å². The zero-order valence-corrected chi connectivity index (χ0v) is 22.7. The summed E-state index contributed by atoms with van der Waals surface area (Å²) in [5.74, 6) is -0.191. The van der Waals surface area contributed by atoms with E-state index in [0.29, 0.717) is 16.6 Å². The molecule has 2 saturated carbocycles. The third kappa shape index (κ3) is 4.33. The van der Waals surface area contributed by atoms with Crippen molar-refractivity contribution in [1.29, 1.82) is 0 Å². The third-order valence-corrected chi connectivity index (χ3v) is 8.81. The number of rotatable bonds is 7. The largest absolute Gasteiger partial charge is 0.478 e. The molecule has 2 heterocycles. The summed E-state index contributed by atoms with van der Waals surface area (Å²) in [5, 5.41) is 23.4. The number of benzene rings is 1. The number of hydrogen-bond acceptors (Lipinski definition) is 6. The Hall–Kier alpha value is -2.55. The molecule has 4 unspecified atom stereocenters. The Morgan fingerprint density at radius 3 is 2.46 bits per heavy atom. The molecule has 10 heteroatoms. The Morgan fingerprint density at radius 1 is 1.16 bits per heavy atom. The van der Waals surface area contributed by atoms with E-state index in [1.807, 2.05) is 0 Å². The summed E-state index contributed by atoms with van der Waals surface area (Å²) in [6.07, 6.45) is 5.24. The van der Waals surface area contributed by atoms with Crippen LogP contribution in [0.3, 0.4) is 0 Å². The van der Waals surface area contributed by atoms with Crippen molar-refractivity contribution < 1.29 is 24.5 Å². The van der Waals surface area contributed by atoms with Gasteiger partial charge in [-0.1, -0.05) is 23.2 Å². The van der Waals surface area contributed by atoms with Crippen LogP contribution in [0.5, 0.6) is 5.75 Å². The van der Waals surface area contributed by atoms with Gasteiger partial charge in [0.15, 0.2) is 5.60 Å². The molecule has 2 aromatic rings. The molecule has 37 heavy (non-hydrogen) atoms. The van der Waals surface area contributed by atoms with E-state index in [2.05, 4.69) is 15.2 Å². The predicted octanol–water partition coefficient (Wildman–Crippen LogP) is 4.79. The van der Waals surface area contributed by atoms with Crippen LogP contribution < -0.4 is 15.0 Å². The van der Waals surface area contributed by atoms with E-state index in [0.717, 1.165) is 31.5 Å². The molecule has 1 aromatic heterocycles. The lowest BCUT2D eigenvalue weighted by Crippen LogP contribution is -2.75. The number of carbonyl (C=O) groups is 2. The summed E-state index contributed by atoms with van der Waals surface area (Å²) < 4.78 is 6.06. The van der Waals surface area contributed by atoms with Gasteiger partial charge in [-0.15, -0.1) is 0 Å². The Bertz CT molecular complexity index is 1260. The van der Waals surface area contributed by atoms with Gasteiger partial charge in [0, 0.05) is 40.3 Å². The molecule has 1 saturated heterocycles. The number of anilines is 1. The Kier molecular flexibility index (Phi) is 6.17. The van der Waals surface area contributed by atoms with Crippen LogP contribution in [0.15, 0.2) is 30.5 Å². The lowest BCUT2D eigenvalue weighted by molar-refractivity contribution is -0.135. The Balaban J connectivity index is 1.27. The molecule has 1 aliphatic heterocycles. The number of amides is 1. The number of pyridine rings is 1. The summed E-state index contributed by atoms with van der Waals surface area (Å²) in [5.41, 5.74) is -1.64. The first-order valence-electron chi connectivity index (χ1n) is 12.4. The molecule has 0 radical (unpaired) electrons. The van der Waals surface area contributed by atoms with Crippen LogP contribution in [0.25, 0.3) is 0 Å². The summed E-state index contributed by atoms with van der Waals surface area (Å²) in [6, 6.07) is 7.04. The van der Waals surface area contributed by atoms with Crippen molar-refractivity contribution >= 4 is 40.9 Å². The molecule has 198 valence electrons. The van der Waals surface area contributed by atoms with E-state index in [4.69, 9.17) is 33.0 Å². The van der Waals surface area contributed by atoms with Crippen LogP contribution in [0.2, 0.25) is 10.0 Å². The van der Waals surface area contributed by atoms with Crippen molar-refractivity contribution in [1.82, 2.24) is 10.3 Å². The van der Waals surface area contributed by atoms with Crippen LogP contribution in [-0.2, 0) is 10.4 Å². The number of ether oxygens (including phenoxy) is 1. The lowest BCUT2D eigenvalue weighted by atomic mass is 9.53. The molecule has 3 fully saturated rings. The van der Waals surface area contributed by atoms with Crippen molar-refractivity contribution in [2.75, 3.05) is 4.90 Å². The second-order valence-electron chi connectivity index (χ2n) is 11.5. The predicted molar refractivity (Wildman–Crippen MR) is 140 cm³/mol. The van der Waals surface area contributed by atoms with Crippen LogP contribution in [-0.4, -0.2) is 50.8 Å². The number of carboxylic acids is 1. The van der Waals surface area contributed by atoms with Gasteiger partial charge in [-0.2, -0.15) is 0 Å². The minimum Gasteiger partial charge on any atom is -0.478 e. The summed E-state index contributed by atoms with van der Waals surface area (Å²) in [6.45, 7) is 6.60. The molecular formula is C27H31Cl2N3O5. The number of carboxylic acid groups (broad SMARTS) is 1. The number of nitrogens with zero attached hydrogens (tertiary/aromatic N) is 2. The van der Waals surface area contributed by atoms with Gasteiger partial charge < -0.3 is 25.2 Å². The number of hydrogen-bond donors (Lipinski definition) is 3. The van der Waals surface area contributed by atoms with E-state index < -0.39 is 17.2 Å². The van der Waals surface area contributed by atoms with E-state index in [9.17, 15) is 14.7 Å². The molecule has 1 aromatic carbocycles. The molecule has 2 aliphatic carbocycles. The van der Waals surface area contributed by atoms with E-state index in [-0.39, 0.29) is 39.7 Å². The minimum atomic E-state index is -1.22. The third-order valence-electron chi connectivity index (χ3n) is 8.20. The molecule has 4 atom stereocenters. The van der Waals surface area contributed by atoms with Crippen molar-refractivity contribution in [3.63, 3.8) is 0 Å². The number of nitrogens with one attached hydrogen (secondary N) is 1. The number of aromatic carboxylic acids is 1. The minimum absolute atomic E-state index is 0.0147. The van der Waals surface area contributed by atoms with Crippen LogP contribution in [0, 0.1) is 5.41 Å². The maximum Gasteiger partial charge on any atom is 0.337 e. The number of aliphatic hydroxyl groups is 1. The quantitative estimate of drug-likeness (QED) is 0.456. The van der Waals surface area contributed by atoms with E-state index in [1.165, 1.54) is 12.3 Å². The van der Waals surface area contributed by atoms with Gasteiger partial charge in [0.25, 0.3) is 5.91 Å². The second kappa shape index (κ2) is 8.75. The molecule has 1 spiro atoms. The molecular weight excluding hydrogens is 517 g/mol. The molecule has 1 amide bonds. The SMILES string of the molecule is CC(C)(Oc1cc(C(C)(C)O)c(Cl)cc1Cl)C(=O)NC1CC2N(c3ccc(C(=O)O)cn3)C3CCC32C1. The maximum atomic E-state index is 13.3. The summed E-state index contributed by atoms with van der Waals surface area (Å²) >= 11 is 12.6. The van der Waals surface area contributed by atoms with Crippen molar-refractivity contribution in [3.8, 4) is 5.75 Å². The highest BCUT2D eigenvalue weighted by molar-refractivity contribution is 6.36. The van der Waals surface area contributed by atoms with Crippen molar-refractivity contribution in [2.45, 2.75) is 82.7 Å². The average Bonchev–Trinajstić information content (AvgIpc) is 3.16. The molecule has 8 nitrogen and oxygen atoms in total. The van der Waals surface area contributed by atoms with Crippen molar-refractivity contribution in [3.05, 3.63) is 51.6 Å². The van der Waals surface area contributed by atoms with Gasteiger partial charge in [-0.05, 0) is 77.6 Å². The van der Waals surface area contributed by atoms with Gasteiger partial charge in [-0.25, -0.2) is 9.78 Å². The van der Waals surface area contributed by atoms with E-state index >= 15 is 0 Å². The standard InChI is InChI=1S/C27H31Cl2N3O5/c1-25(2,36)16-10-19(18(29)11-17(16)28)37-26(3,4)24(35)31-15-9-21-27(12-15)8-7-20(27)32(21)22-6-5-14(13-30-22)23(33)34/h5-6,10-11,13,15,20-21,36H,7-9,12H2,1-4H3,(H,31,35)(H,33,34). The molecule has 5 rings (SSSR count). The highest BCUT2D eigenvalue weighted by atomic mass is 35.5. The maximum absolute atomic E-state index is 13.3. The highest BCUT2D eigenvalue weighted by Crippen LogP contribution is 2.65. The van der Waals surface area contributed by atoms with Crippen LogP contribution >= 0.6 is 23.2 Å². The Labute approximate surface area is 225 Å². The zero-order valence-electron chi connectivity index (χ0n) is 21.2. The summed E-state index contributed by atoms with van der Waals surface area (Å²) in [7, 11) is 0. The fourth-order valence-corrected chi connectivity index (χ4v) is 6.90. The first kappa shape index (κ1) is 26.1. The van der Waals surface area contributed by atoms with E-state index in [1.54, 1.807) is 45.9 Å². The normalized spacial score (nSPS) is 26.5. The number of carbonyl (C=O) groups excluding carboxylic acids is 1. The monoisotopic (exact) mass is 547 g/mol. The number of halogens is 2. The molecule has 3 aliphatic rings. The smallest absolute Gasteiger partial charge is 0.337 e. The van der Waals surface area contributed by atoms with Crippen molar-refractivity contribution in [2.24, 2.45) is 5.41 Å².